The quantitative estimate of drug-likeness (QED) is 0.694. The number of anilines is 1. The van der Waals surface area contributed by atoms with E-state index in [2.05, 4.69) is 0 Å². The second kappa shape index (κ2) is 6.06. The fraction of sp³-hybridized carbons (Fsp3) is 0.125. The van der Waals surface area contributed by atoms with E-state index in [-0.39, 0.29) is 17.9 Å². The Morgan fingerprint density at radius 3 is 2.57 bits per heavy atom. The highest BCUT2D eigenvalue weighted by Gasteiger charge is 2.12. The van der Waals surface area contributed by atoms with Crippen molar-refractivity contribution in [3.05, 3.63) is 64.5 Å². The largest absolute Gasteiger partial charge is 0.457 e. The number of halogens is 1. The molecule has 0 aromatic heterocycles. The van der Waals surface area contributed by atoms with Crippen molar-refractivity contribution >= 4 is 11.7 Å². The molecule has 0 fully saturated rings. The minimum Gasteiger partial charge on any atom is -0.457 e. The molecule has 0 aliphatic heterocycles. The maximum absolute atomic E-state index is 13.5. The van der Waals surface area contributed by atoms with Crippen LogP contribution in [0.2, 0.25) is 0 Å². The van der Waals surface area contributed by atoms with Crippen LogP contribution in [0, 0.1) is 24.1 Å². The smallest absolute Gasteiger partial charge is 0.338 e. The van der Waals surface area contributed by atoms with Crippen LogP contribution >= 0.6 is 0 Å². The summed E-state index contributed by atoms with van der Waals surface area (Å²) in [4.78, 5) is 11.9. The predicted octanol–water partition coefficient (Wildman–Crippen LogP) is 2.95. The number of carbonyl (C=O) groups excluding carboxylic acids is 1. The van der Waals surface area contributed by atoms with E-state index in [0.29, 0.717) is 11.1 Å². The summed E-state index contributed by atoms with van der Waals surface area (Å²) in [6, 6.07) is 11.1. The van der Waals surface area contributed by atoms with Crippen molar-refractivity contribution in [1.82, 2.24) is 0 Å². The maximum Gasteiger partial charge on any atom is 0.338 e. The Bertz CT molecular complexity index is 695. The van der Waals surface area contributed by atoms with E-state index in [9.17, 15) is 9.18 Å². The molecule has 0 aliphatic rings. The normalized spacial score (nSPS) is 9.95. The first-order chi connectivity index (χ1) is 10.0. The molecule has 0 unspecified atom stereocenters. The van der Waals surface area contributed by atoms with E-state index < -0.39 is 11.8 Å². The van der Waals surface area contributed by atoms with Crippen LogP contribution in [-0.4, -0.2) is 5.97 Å². The number of rotatable bonds is 3. The van der Waals surface area contributed by atoms with Gasteiger partial charge < -0.3 is 10.5 Å². The number of carbonyl (C=O) groups is 1. The van der Waals surface area contributed by atoms with Gasteiger partial charge in [0.2, 0.25) is 0 Å². The van der Waals surface area contributed by atoms with Gasteiger partial charge in [-0.05, 0) is 36.8 Å². The number of nitrogen functional groups attached to an aromatic ring is 1. The average Bonchev–Trinajstić information content (AvgIpc) is 2.50. The van der Waals surface area contributed by atoms with Gasteiger partial charge in [-0.15, -0.1) is 0 Å². The first-order valence-electron chi connectivity index (χ1n) is 6.23. The number of benzene rings is 2. The Kier molecular flexibility index (Phi) is 4.19. The molecule has 2 aromatic carbocycles. The van der Waals surface area contributed by atoms with Crippen molar-refractivity contribution in [1.29, 1.82) is 5.26 Å². The topological polar surface area (TPSA) is 76.1 Å². The summed E-state index contributed by atoms with van der Waals surface area (Å²) in [6.45, 7) is 1.58. The van der Waals surface area contributed by atoms with Gasteiger partial charge in [-0.25, -0.2) is 9.18 Å². The van der Waals surface area contributed by atoms with E-state index in [1.54, 1.807) is 24.3 Å². The number of hydrogen-bond donors (Lipinski definition) is 1. The molecular weight excluding hydrogens is 271 g/mol. The molecule has 0 aliphatic carbocycles. The lowest BCUT2D eigenvalue weighted by molar-refractivity contribution is 0.0472. The van der Waals surface area contributed by atoms with Crippen LogP contribution in [0.5, 0.6) is 0 Å². The molecule has 5 heteroatoms. The van der Waals surface area contributed by atoms with Gasteiger partial charge >= 0.3 is 5.97 Å². The molecule has 0 heterocycles. The third-order valence-electron chi connectivity index (χ3n) is 3.07. The molecule has 0 bridgehead atoms. The summed E-state index contributed by atoms with van der Waals surface area (Å²) in [5, 5.41) is 8.69. The van der Waals surface area contributed by atoms with Gasteiger partial charge in [0, 0.05) is 11.3 Å². The zero-order chi connectivity index (χ0) is 15.4. The summed E-state index contributed by atoms with van der Waals surface area (Å²) in [5.74, 6) is -1.19. The van der Waals surface area contributed by atoms with Gasteiger partial charge in [0.05, 0.1) is 17.2 Å². The highest BCUT2D eigenvalue weighted by molar-refractivity contribution is 5.90. The Balaban J connectivity index is 2.06. The number of nitriles is 1. The van der Waals surface area contributed by atoms with Gasteiger partial charge in [0.15, 0.2) is 0 Å². The number of nitrogens with two attached hydrogens (primary N) is 1. The molecule has 0 saturated carbocycles. The van der Waals surface area contributed by atoms with Crippen molar-refractivity contribution < 1.29 is 13.9 Å². The standard InChI is InChI=1S/C16H13FN2O2/c1-10-14(17)6-13(7-15(10)19)16(20)21-9-12-4-2-11(8-18)3-5-12/h2-7H,9,19H2,1H3. The first kappa shape index (κ1) is 14.5. The van der Waals surface area contributed by atoms with Gasteiger partial charge in [-0.3, -0.25) is 0 Å². The summed E-state index contributed by atoms with van der Waals surface area (Å²) in [7, 11) is 0. The van der Waals surface area contributed by atoms with Crippen molar-refractivity contribution in [2.24, 2.45) is 0 Å². The average molecular weight is 284 g/mol. The fourth-order valence-corrected chi connectivity index (χ4v) is 1.73. The zero-order valence-corrected chi connectivity index (χ0v) is 11.4. The third kappa shape index (κ3) is 3.37. The van der Waals surface area contributed by atoms with E-state index in [4.69, 9.17) is 15.7 Å². The highest BCUT2D eigenvalue weighted by Crippen LogP contribution is 2.18. The van der Waals surface area contributed by atoms with Crippen molar-refractivity contribution in [3.63, 3.8) is 0 Å². The molecule has 0 amide bonds. The second-order valence-electron chi connectivity index (χ2n) is 4.56. The number of hydrogen-bond acceptors (Lipinski definition) is 4. The van der Waals surface area contributed by atoms with Crippen molar-refractivity contribution in [3.8, 4) is 6.07 Å². The molecule has 0 spiro atoms. The van der Waals surface area contributed by atoms with Crippen molar-refractivity contribution in [2.75, 3.05) is 5.73 Å². The van der Waals surface area contributed by atoms with Gasteiger partial charge in [-0.1, -0.05) is 12.1 Å². The first-order valence-corrected chi connectivity index (χ1v) is 6.23. The van der Waals surface area contributed by atoms with E-state index in [1.165, 1.54) is 13.0 Å². The molecule has 21 heavy (non-hydrogen) atoms. The number of nitrogens with zero attached hydrogens (tertiary/aromatic N) is 1. The lowest BCUT2D eigenvalue weighted by Gasteiger charge is -2.08. The Morgan fingerprint density at radius 2 is 2.00 bits per heavy atom. The number of esters is 1. The van der Waals surface area contributed by atoms with Crippen LogP contribution in [0.25, 0.3) is 0 Å². The summed E-state index contributed by atoms with van der Waals surface area (Å²) in [5.41, 5.74) is 7.47. The monoisotopic (exact) mass is 284 g/mol. The molecule has 2 N–H and O–H groups in total. The predicted molar refractivity (Wildman–Crippen MR) is 75.8 cm³/mol. The lowest BCUT2D eigenvalue weighted by atomic mass is 10.1. The van der Waals surface area contributed by atoms with E-state index >= 15 is 0 Å². The molecule has 0 atom stereocenters. The molecule has 106 valence electrons. The summed E-state index contributed by atoms with van der Waals surface area (Å²) in [6.07, 6.45) is 0. The Morgan fingerprint density at radius 1 is 1.33 bits per heavy atom. The Labute approximate surface area is 121 Å². The van der Waals surface area contributed by atoms with Gasteiger partial charge in [-0.2, -0.15) is 5.26 Å². The van der Waals surface area contributed by atoms with Crippen LogP contribution in [0.1, 0.15) is 27.0 Å². The van der Waals surface area contributed by atoms with Crippen LogP contribution in [-0.2, 0) is 11.3 Å². The van der Waals surface area contributed by atoms with Crippen LogP contribution in [0.4, 0.5) is 10.1 Å². The Hall–Kier alpha value is -2.87. The minimum absolute atomic E-state index is 0.0416. The van der Waals surface area contributed by atoms with Crippen LogP contribution in [0.15, 0.2) is 36.4 Å². The molecule has 2 rings (SSSR count). The molecule has 0 saturated heterocycles. The van der Waals surface area contributed by atoms with Gasteiger partial charge in [0.1, 0.15) is 12.4 Å². The molecule has 2 aromatic rings. The molecule has 0 radical (unpaired) electrons. The van der Waals surface area contributed by atoms with Crippen molar-refractivity contribution in [2.45, 2.75) is 13.5 Å². The van der Waals surface area contributed by atoms with E-state index in [1.807, 2.05) is 6.07 Å². The van der Waals surface area contributed by atoms with Crippen LogP contribution < -0.4 is 5.73 Å². The summed E-state index contributed by atoms with van der Waals surface area (Å²) < 4.78 is 18.6. The molecule has 4 nitrogen and oxygen atoms in total. The fourth-order valence-electron chi connectivity index (χ4n) is 1.73. The summed E-state index contributed by atoms with van der Waals surface area (Å²) >= 11 is 0. The minimum atomic E-state index is -0.648. The third-order valence-corrected chi connectivity index (χ3v) is 3.07. The zero-order valence-electron chi connectivity index (χ0n) is 11.4. The van der Waals surface area contributed by atoms with Crippen LogP contribution in [0.3, 0.4) is 0 Å². The lowest BCUT2D eigenvalue weighted by Crippen LogP contribution is -2.07. The van der Waals surface area contributed by atoms with E-state index in [0.717, 1.165) is 11.6 Å². The number of ether oxygens (including phenoxy) is 1. The van der Waals surface area contributed by atoms with Gasteiger partial charge in [0.25, 0.3) is 0 Å². The SMILES string of the molecule is Cc1c(N)cc(C(=O)OCc2ccc(C#N)cc2)cc1F. The maximum atomic E-state index is 13.5. The second-order valence-corrected chi connectivity index (χ2v) is 4.56. The molecular formula is C16H13FN2O2. The highest BCUT2D eigenvalue weighted by atomic mass is 19.1.